The number of hydrogen-bond acceptors (Lipinski definition) is 5. The summed E-state index contributed by atoms with van der Waals surface area (Å²) in [6, 6.07) is 11.0. The average Bonchev–Trinajstić information content (AvgIpc) is 2.66. The number of halogens is 2. The maximum atomic E-state index is 12.4. The highest BCUT2D eigenvalue weighted by Gasteiger charge is 2.12. The van der Waals surface area contributed by atoms with Crippen molar-refractivity contribution in [1.29, 1.82) is 0 Å². The average molecular weight is 378 g/mol. The van der Waals surface area contributed by atoms with E-state index in [2.05, 4.69) is 15.3 Å². The SMILES string of the molecule is CCOc1ccc(C(=O)N/N=C(/C)c2ccc(OC(F)F)c(OC)c2)cc1. The summed E-state index contributed by atoms with van der Waals surface area (Å²) in [4.78, 5) is 12.2. The molecule has 144 valence electrons. The summed E-state index contributed by atoms with van der Waals surface area (Å²) in [5, 5.41) is 4.04. The third-order valence-corrected chi connectivity index (χ3v) is 3.55. The minimum absolute atomic E-state index is 0.0810. The van der Waals surface area contributed by atoms with Gasteiger partial charge in [-0.25, -0.2) is 5.43 Å². The molecule has 0 heterocycles. The summed E-state index contributed by atoms with van der Waals surface area (Å²) >= 11 is 0. The van der Waals surface area contributed by atoms with E-state index in [1.807, 2.05) is 6.92 Å². The fourth-order valence-corrected chi connectivity index (χ4v) is 2.22. The predicted molar refractivity (Wildman–Crippen MR) is 96.9 cm³/mol. The molecule has 1 amide bonds. The largest absolute Gasteiger partial charge is 0.494 e. The monoisotopic (exact) mass is 378 g/mol. The molecule has 0 bridgehead atoms. The zero-order valence-electron chi connectivity index (χ0n) is 15.2. The first-order valence-electron chi connectivity index (χ1n) is 8.15. The molecular formula is C19H20F2N2O4. The Kier molecular flexibility index (Phi) is 7.10. The first-order chi connectivity index (χ1) is 12.9. The fourth-order valence-electron chi connectivity index (χ4n) is 2.22. The first-order valence-corrected chi connectivity index (χ1v) is 8.15. The molecule has 0 spiro atoms. The molecule has 2 aromatic rings. The molecule has 0 aliphatic heterocycles. The Morgan fingerprint density at radius 1 is 1.11 bits per heavy atom. The van der Waals surface area contributed by atoms with Crippen LogP contribution in [0.15, 0.2) is 47.6 Å². The molecule has 0 saturated heterocycles. The molecule has 0 aliphatic rings. The van der Waals surface area contributed by atoms with E-state index in [1.54, 1.807) is 37.3 Å². The third-order valence-electron chi connectivity index (χ3n) is 3.55. The first kappa shape index (κ1) is 20.2. The number of ether oxygens (including phenoxy) is 3. The van der Waals surface area contributed by atoms with Crippen LogP contribution in [-0.4, -0.2) is 31.9 Å². The van der Waals surface area contributed by atoms with Crippen molar-refractivity contribution in [3.05, 3.63) is 53.6 Å². The van der Waals surface area contributed by atoms with Gasteiger partial charge in [0, 0.05) is 11.1 Å². The van der Waals surface area contributed by atoms with E-state index < -0.39 is 6.61 Å². The Morgan fingerprint density at radius 3 is 2.37 bits per heavy atom. The van der Waals surface area contributed by atoms with Crippen molar-refractivity contribution >= 4 is 11.6 Å². The Bertz CT molecular complexity index is 808. The number of nitrogens with one attached hydrogen (secondary N) is 1. The lowest BCUT2D eigenvalue weighted by molar-refractivity contribution is -0.0512. The van der Waals surface area contributed by atoms with E-state index in [1.165, 1.54) is 19.2 Å². The van der Waals surface area contributed by atoms with Gasteiger partial charge in [-0.15, -0.1) is 0 Å². The van der Waals surface area contributed by atoms with Crippen LogP contribution in [0.1, 0.15) is 29.8 Å². The van der Waals surface area contributed by atoms with Gasteiger partial charge in [-0.2, -0.15) is 13.9 Å². The third kappa shape index (κ3) is 5.67. The number of methoxy groups -OCH3 is 1. The summed E-state index contributed by atoms with van der Waals surface area (Å²) in [5.41, 5.74) is 3.93. The highest BCUT2D eigenvalue weighted by Crippen LogP contribution is 2.29. The second kappa shape index (κ2) is 9.51. The van der Waals surface area contributed by atoms with Crippen molar-refractivity contribution in [3.63, 3.8) is 0 Å². The molecule has 0 aromatic heterocycles. The maximum absolute atomic E-state index is 12.4. The summed E-state index contributed by atoms with van der Waals surface area (Å²) in [5.74, 6) is 0.344. The molecule has 0 aliphatic carbocycles. The van der Waals surface area contributed by atoms with Crippen LogP contribution >= 0.6 is 0 Å². The van der Waals surface area contributed by atoms with Gasteiger partial charge in [0.1, 0.15) is 5.75 Å². The minimum Gasteiger partial charge on any atom is -0.494 e. The number of alkyl halides is 2. The highest BCUT2D eigenvalue weighted by molar-refractivity contribution is 6.01. The summed E-state index contributed by atoms with van der Waals surface area (Å²) in [6.45, 7) is 1.13. The molecule has 27 heavy (non-hydrogen) atoms. The summed E-state index contributed by atoms with van der Waals surface area (Å²) in [6.07, 6.45) is 0. The van der Waals surface area contributed by atoms with Crippen molar-refractivity contribution in [1.82, 2.24) is 5.43 Å². The van der Waals surface area contributed by atoms with Gasteiger partial charge in [0.05, 0.1) is 19.4 Å². The molecule has 6 nitrogen and oxygen atoms in total. The van der Waals surface area contributed by atoms with Gasteiger partial charge in [-0.1, -0.05) is 0 Å². The van der Waals surface area contributed by atoms with Crippen LogP contribution in [0.3, 0.4) is 0 Å². The zero-order chi connectivity index (χ0) is 19.8. The van der Waals surface area contributed by atoms with Gasteiger partial charge in [-0.3, -0.25) is 4.79 Å². The van der Waals surface area contributed by atoms with Gasteiger partial charge < -0.3 is 14.2 Å². The maximum Gasteiger partial charge on any atom is 0.387 e. The van der Waals surface area contributed by atoms with E-state index in [0.717, 1.165) is 0 Å². The smallest absolute Gasteiger partial charge is 0.387 e. The van der Waals surface area contributed by atoms with Gasteiger partial charge >= 0.3 is 6.61 Å². The Hall–Kier alpha value is -3.16. The number of nitrogens with zero attached hydrogens (tertiary/aromatic N) is 1. The number of hydrazone groups is 1. The van der Waals surface area contributed by atoms with Crippen LogP contribution in [0.5, 0.6) is 17.2 Å². The lowest BCUT2D eigenvalue weighted by atomic mass is 10.1. The van der Waals surface area contributed by atoms with E-state index in [4.69, 9.17) is 9.47 Å². The Balaban J connectivity index is 2.09. The normalized spacial score (nSPS) is 11.3. The molecule has 1 N–H and O–H groups in total. The van der Waals surface area contributed by atoms with Gasteiger partial charge in [-0.05, 0) is 56.3 Å². The molecule has 0 fully saturated rings. The summed E-state index contributed by atoms with van der Waals surface area (Å²) in [7, 11) is 1.34. The lowest BCUT2D eigenvalue weighted by Gasteiger charge is -2.11. The van der Waals surface area contributed by atoms with E-state index in [-0.39, 0.29) is 17.4 Å². The van der Waals surface area contributed by atoms with Gasteiger partial charge in [0.2, 0.25) is 0 Å². The summed E-state index contributed by atoms with van der Waals surface area (Å²) < 4.78 is 39.5. The quantitative estimate of drug-likeness (QED) is 0.560. The molecule has 0 radical (unpaired) electrons. The minimum atomic E-state index is -2.95. The molecule has 0 saturated carbocycles. The number of carbonyl (C=O) groups excluding carboxylic acids is 1. The number of hydrogen-bond donors (Lipinski definition) is 1. The Labute approximate surface area is 155 Å². The molecule has 0 unspecified atom stereocenters. The zero-order valence-corrected chi connectivity index (χ0v) is 15.2. The fraction of sp³-hybridized carbons (Fsp3) is 0.263. The lowest BCUT2D eigenvalue weighted by Crippen LogP contribution is -2.19. The van der Waals surface area contributed by atoms with Crippen molar-refractivity contribution in [2.24, 2.45) is 5.10 Å². The van der Waals surface area contributed by atoms with Crippen molar-refractivity contribution in [2.45, 2.75) is 20.5 Å². The number of carbonyl (C=O) groups is 1. The van der Waals surface area contributed by atoms with Gasteiger partial charge in [0.15, 0.2) is 11.5 Å². The topological polar surface area (TPSA) is 69.2 Å². The van der Waals surface area contributed by atoms with Crippen LogP contribution in [0.4, 0.5) is 8.78 Å². The van der Waals surface area contributed by atoms with Crippen molar-refractivity contribution < 1.29 is 27.8 Å². The second-order valence-corrected chi connectivity index (χ2v) is 5.34. The number of benzene rings is 2. The molecule has 2 rings (SSSR count). The predicted octanol–water partition coefficient (Wildman–Crippen LogP) is 3.85. The molecule has 8 heteroatoms. The molecular weight excluding hydrogens is 358 g/mol. The van der Waals surface area contributed by atoms with Crippen LogP contribution in [0, 0.1) is 0 Å². The van der Waals surface area contributed by atoms with Crippen LogP contribution in [0.25, 0.3) is 0 Å². The Morgan fingerprint density at radius 2 is 1.78 bits per heavy atom. The molecule has 0 atom stereocenters. The van der Waals surface area contributed by atoms with Crippen molar-refractivity contribution in [3.8, 4) is 17.2 Å². The number of rotatable bonds is 8. The molecule has 2 aromatic carbocycles. The van der Waals surface area contributed by atoms with Crippen LogP contribution < -0.4 is 19.6 Å². The van der Waals surface area contributed by atoms with Crippen LogP contribution in [-0.2, 0) is 0 Å². The standard InChI is InChI=1S/C19H20F2N2O4/c1-4-26-15-8-5-13(6-9-15)18(24)23-22-12(2)14-7-10-16(27-19(20)21)17(11-14)25-3/h5-11,19H,4H2,1-3H3,(H,23,24)/b22-12-. The second-order valence-electron chi connectivity index (χ2n) is 5.34. The highest BCUT2D eigenvalue weighted by atomic mass is 19.3. The van der Waals surface area contributed by atoms with Crippen molar-refractivity contribution in [2.75, 3.05) is 13.7 Å². The van der Waals surface area contributed by atoms with Gasteiger partial charge in [0.25, 0.3) is 5.91 Å². The van der Waals surface area contributed by atoms with E-state index in [0.29, 0.717) is 29.2 Å². The van der Waals surface area contributed by atoms with Crippen LogP contribution in [0.2, 0.25) is 0 Å². The van der Waals surface area contributed by atoms with E-state index in [9.17, 15) is 13.6 Å². The van der Waals surface area contributed by atoms with E-state index >= 15 is 0 Å². The number of amides is 1.